The molecule has 66 valence electrons. The Bertz CT molecular complexity index is 371. The maximum absolute atomic E-state index is 12.5. The molecule has 0 atom stereocenters. The third-order valence-electron chi connectivity index (χ3n) is 1.14. The van der Waals surface area contributed by atoms with E-state index in [1.165, 1.54) is 18.2 Å². The van der Waals surface area contributed by atoms with Crippen molar-refractivity contribution in [3.8, 4) is 5.75 Å². The van der Waals surface area contributed by atoms with Gasteiger partial charge >= 0.3 is 6.09 Å². The van der Waals surface area contributed by atoms with Crippen molar-refractivity contribution in [1.82, 2.24) is 0 Å². The van der Waals surface area contributed by atoms with E-state index in [-0.39, 0.29) is 5.75 Å². The molecule has 5 heteroatoms. The molecule has 0 saturated heterocycles. The molecule has 0 aliphatic heterocycles. The first-order valence-corrected chi connectivity index (χ1v) is 3.27. The number of nitrogens with zero attached hydrogens (tertiary/aromatic N) is 1. The van der Waals surface area contributed by atoms with Crippen molar-refractivity contribution in [2.24, 2.45) is 4.99 Å². The monoisotopic (exact) mass is 181 g/mol. The van der Waals surface area contributed by atoms with Crippen LogP contribution in [0.3, 0.4) is 0 Å². The van der Waals surface area contributed by atoms with Gasteiger partial charge in [0, 0.05) is 6.07 Å². The van der Waals surface area contributed by atoms with Crippen molar-refractivity contribution in [2.75, 3.05) is 0 Å². The molecule has 0 radical (unpaired) electrons. The van der Waals surface area contributed by atoms with E-state index in [0.29, 0.717) is 0 Å². The van der Waals surface area contributed by atoms with Crippen LogP contribution >= 0.6 is 0 Å². The van der Waals surface area contributed by atoms with Crippen molar-refractivity contribution >= 4 is 12.2 Å². The van der Waals surface area contributed by atoms with Crippen LogP contribution < -0.4 is 4.74 Å². The van der Waals surface area contributed by atoms with Crippen LogP contribution in [0.5, 0.6) is 5.75 Å². The number of carbonyl (C=O) groups excluding carboxylic acids is 2. The van der Waals surface area contributed by atoms with Gasteiger partial charge in [-0.05, 0) is 12.1 Å². The Balaban J connectivity index is 2.74. The standard InChI is InChI=1S/C8H4FNO3/c9-6-2-1-3-7(4-6)13-8(12)10-5-11/h1-4H. The van der Waals surface area contributed by atoms with Gasteiger partial charge in [-0.25, -0.2) is 14.0 Å². The van der Waals surface area contributed by atoms with E-state index in [1.54, 1.807) is 0 Å². The number of amides is 1. The number of ether oxygens (including phenoxy) is 1. The van der Waals surface area contributed by atoms with Gasteiger partial charge in [0.05, 0.1) is 0 Å². The van der Waals surface area contributed by atoms with E-state index in [4.69, 9.17) is 0 Å². The number of hydrogen-bond acceptors (Lipinski definition) is 3. The highest BCUT2D eigenvalue weighted by Crippen LogP contribution is 2.12. The van der Waals surface area contributed by atoms with Gasteiger partial charge < -0.3 is 4.74 Å². The van der Waals surface area contributed by atoms with Gasteiger partial charge in [-0.1, -0.05) is 11.1 Å². The molecule has 0 heterocycles. The van der Waals surface area contributed by atoms with Crippen molar-refractivity contribution in [3.05, 3.63) is 30.1 Å². The van der Waals surface area contributed by atoms with Crippen molar-refractivity contribution < 1.29 is 18.7 Å². The molecular weight excluding hydrogens is 177 g/mol. The minimum Gasteiger partial charge on any atom is -0.408 e. The smallest absolute Gasteiger partial charge is 0.408 e. The first-order chi connectivity index (χ1) is 6.22. The molecule has 0 saturated carbocycles. The lowest BCUT2D eigenvalue weighted by Crippen LogP contribution is -2.01. The van der Waals surface area contributed by atoms with E-state index in [1.807, 2.05) is 0 Å². The van der Waals surface area contributed by atoms with Crippen molar-refractivity contribution in [1.29, 1.82) is 0 Å². The average Bonchev–Trinajstić information content (AvgIpc) is 2.04. The first-order valence-electron chi connectivity index (χ1n) is 3.27. The molecule has 1 aromatic rings. The van der Waals surface area contributed by atoms with Gasteiger partial charge in [0.15, 0.2) is 0 Å². The highest BCUT2D eigenvalue weighted by molar-refractivity contribution is 5.76. The molecule has 0 aromatic heterocycles. The van der Waals surface area contributed by atoms with Gasteiger partial charge in [0.25, 0.3) is 0 Å². The maximum Gasteiger partial charge on any atom is 0.450 e. The largest absolute Gasteiger partial charge is 0.450 e. The number of isocyanates is 1. The fourth-order valence-electron chi connectivity index (χ4n) is 0.691. The van der Waals surface area contributed by atoms with Crippen LogP contribution in [0.15, 0.2) is 29.3 Å². The predicted octanol–water partition coefficient (Wildman–Crippen LogP) is 1.66. The van der Waals surface area contributed by atoms with Gasteiger partial charge in [0.1, 0.15) is 11.6 Å². The van der Waals surface area contributed by atoms with E-state index in [9.17, 15) is 14.0 Å². The highest BCUT2D eigenvalue weighted by atomic mass is 19.1. The summed E-state index contributed by atoms with van der Waals surface area (Å²) in [5, 5.41) is 0. The lowest BCUT2D eigenvalue weighted by Gasteiger charge is -1.97. The molecule has 0 fully saturated rings. The lowest BCUT2D eigenvalue weighted by atomic mass is 10.3. The van der Waals surface area contributed by atoms with E-state index < -0.39 is 11.9 Å². The molecule has 0 unspecified atom stereocenters. The van der Waals surface area contributed by atoms with Crippen LogP contribution in [0.25, 0.3) is 0 Å². The zero-order valence-corrected chi connectivity index (χ0v) is 6.36. The summed E-state index contributed by atoms with van der Waals surface area (Å²) in [4.78, 5) is 22.8. The molecule has 0 spiro atoms. The van der Waals surface area contributed by atoms with Gasteiger partial charge in [0.2, 0.25) is 6.08 Å². The van der Waals surface area contributed by atoms with Gasteiger partial charge in [-0.15, -0.1) is 0 Å². The third kappa shape index (κ3) is 2.84. The predicted molar refractivity (Wildman–Crippen MR) is 40.5 cm³/mol. The summed E-state index contributed by atoms with van der Waals surface area (Å²) in [5.41, 5.74) is 0. The quantitative estimate of drug-likeness (QED) is 0.489. The number of halogens is 1. The highest BCUT2D eigenvalue weighted by Gasteiger charge is 2.02. The average molecular weight is 181 g/mol. The summed E-state index contributed by atoms with van der Waals surface area (Å²) < 4.78 is 16.9. The van der Waals surface area contributed by atoms with E-state index in [0.717, 1.165) is 12.1 Å². The summed E-state index contributed by atoms with van der Waals surface area (Å²) in [5.74, 6) is -0.551. The van der Waals surface area contributed by atoms with Crippen LogP contribution in [0.4, 0.5) is 9.18 Å². The van der Waals surface area contributed by atoms with Crippen LogP contribution in [0.2, 0.25) is 0 Å². The molecule has 0 bridgehead atoms. The molecule has 1 aromatic carbocycles. The maximum atomic E-state index is 12.5. The molecule has 0 aliphatic carbocycles. The van der Waals surface area contributed by atoms with Gasteiger partial charge in [-0.2, -0.15) is 0 Å². The number of carbonyl (C=O) groups is 1. The Morgan fingerprint density at radius 2 is 2.31 bits per heavy atom. The Morgan fingerprint density at radius 1 is 1.54 bits per heavy atom. The normalized spacial score (nSPS) is 8.69. The van der Waals surface area contributed by atoms with Crippen molar-refractivity contribution in [3.63, 3.8) is 0 Å². The number of rotatable bonds is 1. The van der Waals surface area contributed by atoms with E-state index >= 15 is 0 Å². The van der Waals surface area contributed by atoms with E-state index in [2.05, 4.69) is 9.73 Å². The van der Waals surface area contributed by atoms with Gasteiger partial charge in [-0.3, -0.25) is 0 Å². The molecule has 1 amide bonds. The Morgan fingerprint density at radius 3 is 2.92 bits per heavy atom. The molecule has 1 rings (SSSR count). The van der Waals surface area contributed by atoms with Crippen molar-refractivity contribution in [2.45, 2.75) is 0 Å². The Kier molecular flexibility index (Phi) is 2.89. The fraction of sp³-hybridized carbons (Fsp3) is 0. The number of aliphatic imine (C=N–C) groups is 1. The Hall–Kier alpha value is -2.00. The molecule has 13 heavy (non-hydrogen) atoms. The minimum atomic E-state index is -1.12. The molecule has 0 aliphatic rings. The topological polar surface area (TPSA) is 55.7 Å². The lowest BCUT2D eigenvalue weighted by molar-refractivity contribution is 0.211. The molecular formula is C8H4FNO3. The number of hydrogen-bond donors (Lipinski definition) is 0. The van der Waals surface area contributed by atoms with Crippen LogP contribution in [0, 0.1) is 5.82 Å². The second-order valence-electron chi connectivity index (χ2n) is 2.03. The van der Waals surface area contributed by atoms with Crippen LogP contribution in [0.1, 0.15) is 0 Å². The SMILES string of the molecule is O=C=NC(=O)Oc1cccc(F)c1. The Labute approximate surface area is 72.7 Å². The molecule has 4 nitrogen and oxygen atoms in total. The second-order valence-corrected chi connectivity index (χ2v) is 2.03. The summed E-state index contributed by atoms with van der Waals surface area (Å²) in [6, 6.07) is 4.92. The third-order valence-corrected chi connectivity index (χ3v) is 1.14. The summed E-state index contributed by atoms with van der Waals surface area (Å²) in [6.07, 6.45) is -0.115. The van der Waals surface area contributed by atoms with Crippen LogP contribution in [-0.2, 0) is 4.79 Å². The zero-order valence-electron chi connectivity index (χ0n) is 6.36. The zero-order chi connectivity index (χ0) is 9.68. The summed E-state index contributed by atoms with van der Waals surface area (Å²) in [7, 11) is 0. The number of benzene rings is 1. The second kappa shape index (κ2) is 4.13. The fourth-order valence-corrected chi connectivity index (χ4v) is 0.691. The minimum absolute atomic E-state index is 0.0102. The summed E-state index contributed by atoms with van der Waals surface area (Å²) >= 11 is 0. The van der Waals surface area contributed by atoms with Crippen LogP contribution in [-0.4, -0.2) is 12.2 Å². The summed E-state index contributed by atoms with van der Waals surface area (Å²) in [6.45, 7) is 0. The molecule has 0 N–H and O–H groups in total. The first kappa shape index (κ1) is 9.09.